The number of nitrogens with zero attached hydrogens (tertiary/aromatic N) is 4. The third kappa shape index (κ3) is 5.37. The summed E-state index contributed by atoms with van der Waals surface area (Å²) in [5.74, 6) is -0.0336. The number of allylic oxidation sites excluding steroid dienone is 1. The van der Waals surface area contributed by atoms with Gasteiger partial charge in [-0.15, -0.1) is 0 Å². The molecule has 36 heavy (non-hydrogen) atoms. The Bertz CT molecular complexity index is 1220. The van der Waals surface area contributed by atoms with Gasteiger partial charge in [0.15, 0.2) is 5.17 Å². The zero-order valence-corrected chi connectivity index (χ0v) is 22.6. The second-order valence-electron chi connectivity index (χ2n) is 8.83. The van der Waals surface area contributed by atoms with Gasteiger partial charge in [-0.1, -0.05) is 65.8 Å². The number of amides is 2. The van der Waals surface area contributed by atoms with Crippen molar-refractivity contribution >= 4 is 40.3 Å². The van der Waals surface area contributed by atoms with Crippen molar-refractivity contribution in [3.05, 3.63) is 93.1 Å². The van der Waals surface area contributed by atoms with Crippen LogP contribution in [0.2, 0.25) is 5.02 Å². The molecule has 2 aromatic carbocycles. The van der Waals surface area contributed by atoms with Crippen LogP contribution in [-0.2, 0) is 16.1 Å². The second-order valence-corrected chi connectivity index (χ2v) is 10.1. The summed E-state index contributed by atoms with van der Waals surface area (Å²) in [6.45, 7) is 7.59. The zero-order chi connectivity index (χ0) is 25.8. The van der Waals surface area contributed by atoms with E-state index in [0.717, 1.165) is 22.0 Å². The van der Waals surface area contributed by atoms with Crippen molar-refractivity contribution in [2.24, 2.45) is 4.99 Å². The van der Waals surface area contributed by atoms with Crippen LogP contribution in [0.4, 0.5) is 0 Å². The zero-order valence-electron chi connectivity index (χ0n) is 21.1. The maximum absolute atomic E-state index is 13.7. The molecule has 0 aliphatic carbocycles. The number of carbonyl (C=O) groups excluding carboxylic acids is 2. The third-order valence-electron chi connectivity index (χ3n) is 6.49. The number of amidine groups is 1. The van der Waals surface area contributed by atoms with Gasteiger partial charge in [0, 0.05) is 37.4 Å². The van der Waals surface area contributed by atoms with E-state index in [2.05, 4.69) is 0 Å². The molecular formula is C28H31ClN4O2S. The standard InChI is InChI=1S/C28H31ClN4O2S/c1-5-32(6-2)27(35)25-19(3)30-28-33(26(25)21-12-14-22(29)15-13-21)23(18-36-28)16-24(34)31(4)17-20-10-8-7-9-11-20/h7-15,18,26H,5-6,16-17H2,1-4H3. The average Bonchev–Trinajstić information content (AvgIpc) is 3.26. The lowest BCUT2D eigenvalue weighted by Crippen LogP contribution is -2.42. The van der Waals surface area contributed by atoms with Crippen LogP contribution >= 0.6 is 23.4 Å². The van der Waals surface area contributed by atoms with E-state index < -0.39 is 6.04 Å². The molecule has 1 unspecified atom stereocenters. The van der Waals surface area contributed by atoms with Crippen LogP contribution in [0, 0.1) is 0 Å². The van der Waals surface area contributed by atoms with Gasteiger partial charge in [-0.2, -0.15) is 0 Å². The minimum absolute atomic E-state index is 0.00436. The van der Waals surface area contributed by atoms with E-state index in [1.165, 1.54) is 11.8 Å². The van der Waals surface area contributed by atoms with Gasteiger partial charge < -0.3 is 14.7 Å². The fourth-order valence-electron chi connectivity index (χ4n) is 4.52. The Hall–Kier alpha value is -3.03. The third-order valence-corrected chi connectivity index (χ3v) is 7.63. The largest absolute Gasteiger partial charge is 0.341 e. The molecule has 0 N–H and O–H groups in total. The normalized spacial score (nSPS) is 16.9. The smallest absolute Gasteiger partial charge is 0.254 e. The van der Waals surface area contributed by atoms with Gasteiger partial charge in [-0.25, -0.2) is 4.99 Å². The molecule has 1 atom stereocenters. The lowest BCUT2D eigenvalue weighted by Gasteiger charge is -2.38. The Balaban J connectivity index is 1.66. The molecule has 2 aliphatic rings. The van der Waals surface area contributed by atoms with Crippen molar-refractivity contribution in [3.63, 3.8) is 0 Å². The topological polar surface area (TPSA) is 56.2 Å². The number of aliphatic imine (C=N–C) groups is 1. The Morgan fingerprint density at radius 1 is 1.06 bits per heavy atom. The van der Waals surface area contributed by atoms with Crippen LogP contribution in [0.15, 0.2) is 82.0 Å². The second kappa shape index (κ2) is 11.4. The molecule has 0 saturated carbocycles. The first-order chi connectivity index (χ1) is 17.3. The van der Waals surface area contributed by atoms with E-state index in [9.17, 15) is 9.59 Å². The van der Waals surface area contributed by atoms with Gasteiger partial charge in [0.1, 0.15) is 0 Å². The summed E-state index contributed by atoms with van der Waals surface area (Å²) in [6.07, 6.45) is 0.214. The fourth-order valence-corrected chi connectivity index (χ4v) is 5.61. The van der Waals surface area contributed by atoms with Crippen LogP contribution in [0.25, 0.3) is 0 Å². The van der Waals surface area contributed by atoms with Gasteiger partial charge in [-0.05, 0) is 49.4 Å². The minimum Gasteiger partial charge on any atom is -0.341 e. The predicted molar refractivity (Wildman–Crippen MR) is 147 cm³/mol. The van der Waals surface area contributed by atoms with E-state index in [-0.39, 0.29) is 18.2 Å². The number of rotatable bonds is 8. The summed E-state index contributed by atoms with van der Waals surface area (Å²) >= 11 is 7.68. The van der Waals surface area contributed by atoms with Crippen molar-refractivity contribution in [1.82, 2.24) is 14.7 Å². The molecule has 0 bridgehead atoms. The first kappa shape index (κ1) is 26.0. The summed E-state index contributed by atoms with van der Waals surface area (Å²) in [5, 5.41) is 3.39. The maximum atomic E-state index is 13.7. The van der Waals surface area contributed by atoms with Gasteiger partial charge in [0.25, 0.3) is 5.91 Å². The van der Waals surface area contributed by atoms with Crippen LogP contribution < -0.4 is 0 Å². The number of benzene rings is 2. The Morgan fingerprint density at radius 2 is 1.72 bits per heavy atom. The monoisotopic (exact) mass is 522 g/mol. The molecule has 2 heterocycles. The maximum Gasteiger partial charge on any atom is 0.254 e. The van der Waals surface area contributed by atoms with Crippen LogP contribution in [0.1, 0.15) is 44.4 Å². The van der Waals surface area contributed by atoms with E-state index >= 15 is 0 Å². The van der Waals surface area contributed by atoms with Crippen molar-refractivity contribution in [2.75, 3.05) is 20.1 Å². The van der Waals surface area contributed by atoms with Gasteiger partial charge in [-0.3, -0.25) is 9.59 Å². The Morgan fingerprint density at radius 3 is 2.36 bits per heavy atom. The molecule has 2 aromatic rings. The highest BCUT2D eigenvalue weighted by molar-refractivity contribution is 8.16. The molecular weight excluding hydrogens is 492 g/mol. The highest BCUT2D eigenvalue weighted by Gasteiger charge is 2.41. The highest BCUT2D eigenvalue weighted by Crippen LogP contribution is 2.45. The SMILES string of the molecule is CCN(CC)C(=O)C1=C(C)N=C2SC=C(CC(=O)N(C)Cc3ccccc3)N2C1c1ccc(Cl)cc1. The van der Waals surface area contributed by atoms with Crippen molar-refractivity contribution in [2.45, 2.75) is 39.8 Å². The number of halogens is 1. The molecule has 0 saturated heterocycles. The first-order valence-corrected chi connectivity index (χ1v) is 13.4. The molecule has 4 rings (SSSR count). The number of carbonyl (C=O) groups is 2. The molecule has 0 radical (unpaired) electrons. The van der Waals surface area contributed by atoms with E-state index in [1.54, 1.807) is 4.90 Å². The summed E-state index contributed by atoms with van der Waals surface area (Å²) in [5.41, 5.74) is 4.17. The average molecular weight is 523 g/mol. The van der Waals surface area contributed by atoms with E-state index in [1.807, 2.05) is 97.6 Å². The van der Waals surface area contributed by atoms with E-state index in [0.29, 0.717) is 35.9 Å². The Labute approximate surface area is 222 Å². The van der Waals surface area contributed by atoms with Crippen LogP contribution in [0.5, 0.6) is 0 Å². The number of likely N-dealkylation sites (N-methyl/N-ethyl adjacent to an activating group) is 1. The lowest BCUT2D eigenvalue weighted by molar-refractivity contribution is -0.129. The molecule has 0 aromatic heterocycles. The molecule has 8 heteroatoms. The first-order valence-electron chi connectivity index (χ1n) is 12.1. The van der Waals surface area contributed by atoms with Gasteiger partial charge in [0.05, 0.1) is 23.7 Å². The van der Waals surface area contributed by atoms with E-state index in [4.69, 9.17) is 16.6 Å². The summed E-state index contributed by atoms with van der Waals surface area (Å²) < 4.78 is 0. The quantitative estimate of drug-likeness (QED) is 0.437. The van der Waals surface area contributed by atoms with Crippen molar-refractivity contribution < 1.29 is 9.59 Å². The summed E-state index contributed by atoms with van der Waals surface area (Å²) in [6, 6.07) is 17.1. The number of hydrogen-bond acceptors (Lipinski definition) is 5. The number of hydrogen-bond donors (Lipinski definition) is 0. The molecule has 6 nitrogen and oxygen atoms in total. The fraction of sp³-hybridized carbons (Fsp3) is 0.321. The van der Waals surface area contributed by atoms with Crippen LogP contribution in [0.3, 0.4) is 0 Å². The summed E-state index contributed by atoms with van der Waals surface area (Å²) in [7, 11) is 1.82. The summed E-state index contributed by atoms with van der Waals surface area (Å²) in [4.78, 5) is 37.3. The highest BCUT2D eigenvalue weighted by atomic mass is 35.5. The number of fused-ring (bicyclic) bond motifs is 1. The predicted octanol–water partition coefficient (Wildman–Crippen LogP) is 5.83. The molecule has 0 fully saturated rings. The lowest BCUT2D eigenvalue weighted by atomic mass is 9.92. The van der Waals surface area contributed by atoms with Crippen LogP contribution in [-0.4, -0.2) is 51.8 Å². The minimum atomic E-state index is -0.392. The van der Waals surface area contributed by atoms with Crippen molar-refractivity contribution in [1.29, 1.82) is 0 Å². The molecule has 0 spiro atoms. The molecule has 2 aliphatic heterocycles. The van der Waals surface area contributed by atoms with Gasteiger partial charge >= 0.3 is 0 Å². The van der Waals surface area contributed by atoms with Crippen molar-refractivity contribution in [3.8, 4) is 0 Å². The molecule has 2 amide bonds. The Kier molecular flexibility index (Phi) is 8.21. The van der Waals surface area contributed by atoms with Gasteiger partial charge in [0.2, 0.25) is 5.91 Å². The number of thioether (sulfide) groups is 1. The molecule has 188 valence electrons.